The van der Waals surface area contributed by atoms with E-state index in [1.54, 1.807) is 24.3 Å². The Morgan fingerprint density at radius 1 is 1.61 bits per heavy atom. The van der Waals surface area contributed by atoms with E-state index in [0.717, 1.165) is 0 Å². The van der Waals surface area contributed by atoms with E-state index in [2.05, 4.69) is 10.0 Å². The molecule has 0 aliphatic carbocycles. The summed E-state index contributed by atoms with van der Waals surface area (Å²) in [6.07, 6.45) is 3.98. The molecule has 0 aliphatic rings. The first-order valence-corrected chi connectivity index (χ1v) is 5.05. The number of azide groups is 1. The van der Waals surface area contributed by atoms with Gasteiger partial charge in [-0.25, -0.2) is 0 Å². The first kappa shape index (κ1) is 13.2. The second-order valence-electron chi connectivity index (χ2n) is 3.29. The number of hydrogen-bond donors (Lipinski definition) is 0. The Hall–Kier alpha value is -2.84. The molecular weight excluding hydrogens is 234 g/mol. The molecule has 0 fully saturated rings. The van der Waals surface area contributed by atoms with Crippen LogP contribution in [-0.2, 0) is 0 Å². The minimum absolute atomic E-state index is 0.0335. The van der Waals surface area contributed by atoms with Gasteiger partial charge >= 0.3 is 0 Å². The van der Waals surface area contributed by atoms with E-state index in [0.29, 0.717) is 18.5 Å². The molecule has 1 rings (SSSR count). The van der Waals surface area contributed by atoms with Crippen LogP contribution < -0.4 is 0 Å². The van der Waals surface area contributed by atoms with Crippen molar-refractivity contribution in [1.29, 1.82) is 5.26 Å². The number of hydrogen-bond acceptors (Lipinski definition) is 4. The fourth-order valence-electron chi connectivity index (χ4n) is 1.29. The summed E-state index contributed by atoms with van der Waals surface area (Å²) in [6.45, 7) is 0.339. The van der Waals surface area contributed by atoms with E-state index in [9.17, 15) is 10.1 Å². The van der Waals surface area contributed by atoms with Crippen LogP contribution >= 0.6 is 0 Å². The second-order valence-corrected chi connectivity index (χ2v) is 3.29. The molecule has 0 heterocycles. The second kappa shape index (κ2) is 6.68. The first-order valence-electron chi connectivity index (χ1n) is 5.05. The third kappa shape index (κ3) is 3.63. The summed E-state index contributed by atoms with van der Waals surface area (Å²) >= 11 is 0. The predicted octanol–water partition coefficient (Wildman–Crippen LogP) is 3.18. The van der Waals surface area contributed by atoms with Gasteiger partial charge in [0.15, 0.2) is 0 Å². The zero-order valence-corrected chi connectivity index (χ0v) is 9.35. The van der Waals surface area contributed by atoms with Crippen LogP contribution in [0.4, 0.5) is 5.69 Å². The highest BCUT2D eigenvalue weighted by molar-refractivity contribution is 5.59. The zero-order chi connectivity index (χ0) is 13.4. The molecule has 18 heavy (non-hydrogen) atoms. The van der Waals surface area contributed by atoms with Gasteiger partial charge in [0.05, 0.1) is 4.92 Å². The number of nitriles is 1. The summed E-state index contributed by atoms with van der Waals surface area (Å²) in [4.78, 5) is 12.7. The number of benzene rings is 1. The lowest BCUT2D eigenvalue weighted by Gasteiger charge is -1.96. The predicted molar refractivity (Wildman–Crippen MR) is 65.5 cm³/mol. The molecule has 0 spiro atoms. The van der Waals surface area contributed by atoms with E-state index in [4.69, 9.17) is 10.8 Å². The van der Waals surface area contributed by atoms with Gasteiger partial charge in [-0.1, -0.05) is 23.3 Å². The number of nitro benzene ring substituents is 1. The standard InChI is InChI=1S/C11H9N5O2/c12-8-10-5-4-9(7-11(10)16(17)18)3-1-2-6-14-15-13/h1,3-5,7H,2,6H2. The summed E-state index contributed by atoms with van der Waals surface area (Å²) in [5.74, 6) is 0. The fourth-order valence-corrected chi connectivity index (χ4v) is 1.29. The van der Waals surface area contributed by atoms with Crippen molar-refractivity contribution in [2.24, 2.45) is 5.11 Å². The maximum Gasteiger partial charge on any atom is 0.287 e. The third-order valence-electron chi connectivity index (χ3n) is 2.11. The van der Waals surface area contributed by atoms with E-state index < -0.39 is 4.92 Å². The highest BCUT2D eigenvalue weighted by Gasteiger charge is 2.12. The Kier molecular flexibility index (Phi) is 4.91. The van der Waals surface area contributed by atoms with Crippen LogP contribution in [0.15, 0.2) is 29.4 Å². The monoisotopic (exact) mass is 243 g/mol. The van der Waals surface area contributed by atoms with Crippen LogP contribution in [0.1, 0.15) is 17.5 Å². The topological polar surface area (TPSA) is 116 Å². The zero-order valence-electron chi connectivity index (χ0n) is 9.35. The van der Waals surface area contributed by atoms with Crippen molar-refractivity contribution in [3.63, 3.8) is 0 Å². The minimum Gasteiger partial charge on any atom is -0.258 e. The van der Waals surface area contributed by atoms with Crippen molar-refractivity contribution in [3.8, 4) is 6.07 Å². The molecule has 90 valence electrons. The Morgan fingerprint density at radius 3 is 3.00 bits per heavy atom. The average Bonchev–Trinajstić information content (AvgIpc) is 2.38. The van der Waals surface area contributed by atoms with Crippen molar-refractivity contribution >= 4 is 11.8 Å². The van der Waals surface area contributed by atoms with Crippen LogP contribution in [0.2, 0.25) is 0 Å². The lowest BCUT2D eigenvalue weighted by atomic mass is 10.1. The molecule has 0 saturated heterocycles. The summed E-state index contributed by atoms with van der Waals surface area (Å²) in [5, 5.41) is 22.8. The maximum absolute atomic E-state index is 10.7. The Bertz CT molecular complexity index is 567. The molecule has 7 nitrogen and oxygen atoms in total. The Morgan fingerprint density at radius 2 is 2.39 bits per heavy atom. The molecular formula is C11H9N5O2. The van der Waals surface area contributed by atoms with Gasteiger partial charge in [0.2, 0.25) is 0 Å². The largest absolute Gasteiger partial charge is 0.287 e. The van der Waals surface area contributed by atoms with Crippen molar-refractivity contribution < 1.29 is 4.92 Å². The van der Waals surface area contributed by atoms with Crippen LogP contribution in [0.5, 0.6) is 0 Å². The average molecular weight is 243 g/mol. The molecule has 0 saturated carbocycles. The molecule has 1 aromatic rings. The van der Waals surface area contributed by atoms with Gasteiger partial charge in [-0.3, -0.25) is 10.1 Å². The van der Waals surface area contributed by atoms with E-state index in [1.807, 2.05) is 0 Å². The highest BCUT2D eigenvalue weighted by atomic mass is 16.6. The molecule has 0 aliphatic heterocycles. The number of nitrogens with zero attached hydrogens (tertiary/aromatic N) is 5. The van der Waals surface area contributed by atoms with Gasteiger partial charge in [0.1, 0.15) is 11.6 Å². The molecule has 0 amide bonds. The first-order chi connectivity index (χ1) is 8.69. The van der Waals surface area contributed by atoms with Crippen molar-refractivity contribution in [3.05, 3.63) is 56.0 Å². The Labute approximate surface area is 103 Å². The fraction of sp³-hybridized carbons (Fsp3) is 0.182. The molecule has 0 aromatic heterocycles. The number of rotatable bonds is 5. The van der Waals surface area contributed by atoms with E-state index in [1.165, 1.54) is 12.1 Å². The SMILES string of the molecule is N#Cc1ccc(C=CCCN=[N+]=[N-])cc1[N+](=O)[O-]. The van der Waals surface area contributed by atoms with Gasteiger partial charge in [0.25, 0.3) is 5.69 Å². The quantitative estimate of drug-likeness (QED) is 0.197. The van der Waals surface area contributed by atoms with Crippen LogP contribution in [0.3, 0.4) is 0 Å². The van der Waals surface area contributed by atoms with E-state index in [-0.39, 0.29) is 11.3 Å². The molecule has 0 atom stereocenters. The molecule has 0 radical (unpaired) electrons. The van der Waals surface area contributed by atoms with Gasteiger partial charge < -0.3 is 0 Å². The smallest absolute Gasteiger partial charge is 0.258 e. The molecule has 0 unspecified atom stereocenters. The van der Waals surface area contributed by atoms with Crippen molar-refractivity contribution in [1.82, 2.24) is 0 Å². The lowest BCUT2D eigenvalue weighted by Crippen LogP contribution is -1.92. The number of nitro groups is 1. The van der Waals surface area contributed by atoms with Crippen LogP contribution in [0, 0.1) is 21.4 Å². The van der Waals surface area contributed by atoms with Crippen molar-refractivity contribution in [2.75, 3.05) is 6.54 Å². The normalized spacial score (nSPS) is 9.72. The van der Waals surface area contributed by atoms with Gasteiger partial charge in [0, 0.05) is 17.5 Å². The Balaban J connectivity index is 2.86. The minimum atomic E-state index is -0.587. The molecule has 7 heteroatoms. The highest BCUT2D eigenvalue weighted by Crippen LogP contribution is 2.20. The summed E-state index contributed by atoms with van der Waals surface area (Å²) in [7, 11) is 0. The van der Waals surface area contributed by atoms with Crippen molar-refractivity contribution in [2.45, 2.75) is 6.42 Å². The maximum atomic E-state index is 10.7. The lowest BCUT2D eigenvalue weighted by molar-refractivity contribution is -0.385. The third-order valence-corrected chi connectivity index (χ3v) is 2.11. The summed E-state index contributed by atoms with van der Waals surface area (Å²) < 4.78 is 0. The van der Waals surface area contributed by atoms with Gasteiger partial charge in [-0.2, -0.15) is 5.26 Å². The molecule has 0 bridgehead atoms. The van der Waals surface area contributed by atoms with Crippen LogP contribution in [0.25, 0.3) is 16.5 Å². The van der Waals surface area contributed by atoms with Gasteiger partial charge in [-0.15, -0.1) is 0 Å². The molecule has 1 aromatic carbocycles. The molecule has 0 N–H and O–H groups in total. The summed E-state index contributed by atoms with van der Waals surface area (Å²) in [5.41, 5.74) is 8.51. The summed E-state index contributed by atoms with van der Waals surface area (Å²) in [6, 6.07) is 6.13. The van der Waals surface area contributed by atoms with Crippen LogP contribution in [-0.4, -0.2) is 11.5 Å². The van der Waals surface area contributed by atoms with Gasteiger partial charge in [-0.05, 0) is 23.6 Å². The van der Waals surface area contributed by atoms with E-state index >= 15 is 0 Å².